The predicted molar refractivity (Wildman–Crippen MR) is 74.2 cm³/mol. The van der Waals surface area contributed by atoms with E-state index < -0.39 is 17.4 Å². The molecule has 1 unspecified atom stereocenters. The number of rotatable bonds is 2. The molecule has 0 aliphatic carbocycles. The Morgan fingerprint density at radius 3 is 2.15 bits per heavy atom. The number of piperidine rings is 1. The van der Waals surface area contributed by atoms with E-state index in [1.165, 1.54) is 4.90 Å². The second kappa shape index (κ2) is 4.32. The lowest BCUT2D eigenvalue weighted by molar-refractivity contribution is -0.181. The minimum atomic E-state index is -1.43. The lowest BCUT2D eigenvalue weighted by Gasteiger charge is -2.53. The fourth-order valence-electron chi connectivity index (χ4n) is 4.05. The largest absolute Gasteiger partial charge is 0.437 e. The number of carbonyl (C=O) groups excluding carboxylic acids is 1. The molecule has 0 aromatic heterocycles. The molecule has 2 heterocycles. The number of carbonyl (C=O) groups is 1. The van der Waals surface area contributed by atoms with Crippen LogP contribution in [0, 0.1) is 0 Å². The summed E-state index contributed by atoms with van der Waals surface area (Å²) in [6.45, 7) is 9.62. The predicted octanol–water partition coefficient (Wildman–Crippen LogP) is 0.819. The first-order valence-corrected chi connectivity index (χ1v) is 7.08. The molecule has 2 aliphatic rings. The van der Waals surface area contributed by atoms with Crippen LogP contribution in [-0.4, -0.2) is 56.8 Å². The van der Waals surface area contributed by atoms with Gasteiger partial charge in [0.2, 0.25) is 0 Å². The van der Waals surface area contributed by atoms with Gasteiger partial charge in [-0.3, -0.25) is 4.90 Å². The molecule has 1 atom stereocenters. The third kappa shape index (κ3) is 2.29. The van der Waals surface area contributed by atoms with Crippen LogP contribution in [0.15, 0.2) is 0 Å². The van der Waals surface area contributed by atoms with E-state index in [4.69, 9.17) is 9.84 Å². The SMILES string of the molecule is CC1(C)CC2(CC(C)(C)N1)OC(=O)N(CCO)C2(C)O. The van der Waals surface area contributed by atoms with Gasteiger partial charge in [0.15, 0.2) is 11.3 Å². The molecule has 0 radical (unpaired) electrons. The highest BCUT2D eigenvalue weighted by atomic mass is 16.6. The van der Waals surface area contributed by atoms with Crippen LogP contribution in [0.4, 0.5) is 4.79 Å². The first-order chi connectivity index (χ1) is 8.95. The van der Waals surface area contributed by atoms with Crippen LogP contribution in [-0.2, 0) is 4.74 Å². The Balaban J connectivity index is 2.41. The van der Waals surface area contributed by atoms with Gasteiger partial charge in [0.05, 0.1) is 13.2 Å². The molecule has 1 amide bonds. The van der Waals surface area contributed by atoms with E-state index in [2.05, 4.69) is 5.32 Å². The van der Waals surface area contributed by atoms with Crippen LogP contribution >= 0.6 is 0 Å². The summed E-state index contributed by atoms with van der Waals surface area (Å²) in [5.41, 5.74) is -2.91. The topological polar surface area (TPSA) is 82.0 Å². The number of nitrogens with zero attached hydrogens (tertiary/aromatic N) is 1. The molecule has 20 heavy (non-hydrogen) atoms. The molecule has 2 fully saturated rings. The number of ether oxygens (including phenoxy) is 1. The fraction of sp³-hybridized carbons (Fsp3) is 0.929. The van der Waals surface area contributed by atoms with Crippen molar-refractivity contribution >= 4 is 6.09 Å². The molecule has 0 bridgehead atoms. The third-order valence-corrected chi connectivity index (χ3v) is 4.35. The van der Waals surface area contributed by atoms with Crippen LogP contribution in [0.1, 0.15) is 47.5 Å². The number of amides is 1. The Bertz CT molecular complexity index is 401. The van der Waals surface area contributed by atoms with Gasteiger partial charge in [-0.2, -0.15) is 0 Å². The molecule has 0 saturated carbocycles. The summed E-state index contributed by atoms with van der Waals surface area (Å²) in [5.74, 6) is 0. The Hall–Kier alpha value is -0.850. The zero-order valence-corrected chi connectivity index (χ0v) is 13.0. The van der Waals surface area contributed by atoms with Crippen molar-refractivity contribution in [2.45, 2.75) is 69.9 Å². The molecule has 2 rings (SSSR count). The lowest BCUT2D eigenvalue weighted by Crippen LogP contribution is -2.70. The average Bonchev–Trinajstić information content (AvgIpc) is 2.34. The van der Waals surface area contributed by atoms with Crippen molar-refractivity contribution in [1.82, 2.24) is 10.2 Å². The smallest absolute Gasteiger partial charge is 0.412 e. The number of β-amino-alcohol motifs (C(OH)–C–C–N with tert-alkyl or cyclic N) is 1. The number of hydrogen-bond acceptors (Lipinski definition) is 5. The first kappa shape index (κ1) is 15.5. The molecule has 6 heteroatoms. The molecule has 2 saturated heterocycles. The van der Waals surface area contributed by atoms with Crippen LogP contribution in [0.3, 0.4) is 0 Å². The minimum absolute atomic E-state index is 0.0713. The third-order valence-electron chi connectivity index (χ3n) is 4.35. The van der Waals surface area contributed by atoms with E-state index in [1.807, 2.05) is 27.7 Å². The summed E-state index contributed by atoms with van der Waals surface area (Å²) >= 11 is 0. The molecule has 6 nitrogen and oxygen atoms in total. The second-order valence-corrected chi connectivity index (χ2v) is 7.50. The summed E-state index contributed by atoms with van der Waals surface area (Å²) in [4.78, 5) is 13.3. The highest BCUT2D eigenvalue weighted by molar-refractivity contribution is 5.72. The lowest BCUT2D eigenvalue weighted by atomic mass is 9.68. The molecule has 3 N–H and O–H groups in total. The molecule has 116 valence electrons. The first-order valence-electron chi connectivity index (χ1n) is 7.08. The van der Waals surface area contributed by atoms with E-state index in [1.54, 1.807) is 6.92 Å². The van der Waals surface area contributed by atoms with Gasteiger partial charge >= 0.3 is 6.09 Å². The van der Waals surface area contributed by atoms with Crippen LogP contribution in [0.5, 0.6) is 0 Å². The Kier molecular flexibility index (Phi) is 3.36. The summed E-state index contributed by atoms with van der Waals surface area (Å²) < 4.78 is 5.63. The van der Waals surface area contributed by atoms with Crippen molar-refractivity contribution in [2.24, 2.45) is 0 Å². The van der Waals surface area contributed by atoms with E-state index >= 15 is 0 Å². The quantitative estimate of drug-likeness (QED) is 0.700. The van der Waals surface area contributed by atoms with Crippen LogP contribution in [0.2, 0.25) is 0 Å². The van der Waals surface area contributed by atoms with Crippen molar-refractivity contribution in [3.8, 4) is 0 Å². The van der Waals surface area contributed by atoms with Crippen LogP contribution < -0.4 is 5.32 Å². The fourth-order valence-corrected chi connectivity index (χ4v) is 4.05. The molecule has 0 aromatic carbocycles. The van der Waals surface area contributed by atoms with E-state index in [9.17, 15) is 9.90 Å². The minimum Gasteiger partial charge on any atom is -0.437 e. The van der Waals surface area contributed by atoms with Crippen molar-refractivity contribution in [1.29, 1.82) is 0 Å². The normalized spacial score (nSPS) is 34.4. The summed E-state index contributed by atoms with van der Waals surface area (Å²) in [5, 5.41) is 23.5. The standard InChI is InChI=1S/C14H26N2O4/c1-11(2)8-14(9-12(3,4)15-11)13(5,19)16(6-7-17)10(18)20-14/h15,17,19H,6-9H2,1-5H3. The molecule has 0 aromatic rings. The van der Waals surface area contributed by atoms with Gasteiger partial charge in [-0.25, -0.2) is 4.79 Å². The maximum absolute atomic E-state index is 12.1. The van der Waals surface area contributed by atoms with E-state index in [-0.39, 0.29) is 24.2 Å². The van der Waals surface area contributed by atoms with Gasteiger partial charge < -0.3 is 20.3 Å². The maximum atomic E-state index is 12.1. The monoisotopic (exact) mass is 286 g/mol. The average molecular weight is 286 g/mol. The number of nitrogens with one attached hydrogen (secondary N) is 1. The van der Waals surface area contributed by atoms with E-state index in [0.29, 0.717) is 12.8 Å². The summed E-state index contributed by atoms with van der Waals surface area (Å²) in [6, 6.07) is 0. The highest BCUT2D eigenvalue weighted by Crippen LogP contribution is 2.49. The van der Waals surface area contributed by atoms with Gasteiger partial charge in [0.25, 0.3) is 0 Å². The number of hydrogen-bond donors (Lipinski definition) is 3. The number of aliphatic hydroxyl groups is 2. The molecular formula is C14H26N2O4. The second-order valence-electron chi connectivity index (χ2n) is 7.50. The van der Waals surface area contributed by atoms with Gasteiger partial charge in [-0.15, -0.1) is 0 Å². The van der Waals surface area contributed by atoms with Gasteiger partial charge in [0.1, 0.15) is 0 Å². The Morgan fingerprint density at radius 1 is 1.20 bits per heavy atom. The maximum Gasteiger partial charge on any atom is 0.412 e. The zero-order valence-electron chi connectivity index (χ0n) is 13.0. The van der Waals surface area contributed by atoms with Gasteiger partial charge in [-0.05, 0) is 34.6 Å². The summed E-state index contributed by atoms with van der Waals surface area (Å²) in [7, 11) is 0. The van der Waals surface area contributed by atoms with Crippen LogP contribution in [0.25, 0.3) is 0 Å². The van der Waals surface area contributed by atoms with Crippen molar-refractivity contribution < 1.29 is 19.7 Å². The summed E-state index contributed by atoms with van der Waals surface area (Å²) in [6.07, 6.45) is 0.478. The zero-order chi connectivity index (χ0) is 15.4. The molecule has 1 spiro atoms. The Labute approximate surface area is 120 Å². The van der Waals surface area contributed by atoms with Gasteiger partial charge in [-0.1, -0.05) is 0 Å². The van der Waals surface area contributed by atoms with Crippen molar-refractivity contribution in [2.75, 3.05) is 13.2 Å². The van der Waals surface area contributed by atoms with Crippen molar-refractivity contribution in [3.63, 3.8) is 0 Å². The molecule has 2 aliphatic heterocycles. The van der Waals surface area contributed by atoms with Crippen molar-refractivity contribution in [3.05, 3.63) is 0 Å². The van der Waals surface area contributed by atoms with Gasteiger partial charge in [0, 0.05) is 23.9 Å². The molecular weight excluding hydrogens is 260 g/mol. The Morgan fingerprint density at radius 2 is 1.70 bits per heavy atom. The van der Waals surface area contributed by atoms with E-state index in [0.717, 1.165) is 0 Å². The number of aliphatic hydroxyl groups excluding tert-OH is 1. The highest BCUT2D eigenvalue weighted by Gasteiger charge is 2.66.